The first-order valence-electron chi connectivity index (χ1n) is 8.48. The van der Waals surface area contributed by atoms with Crippen molar-refractivity contribution in [1.29, 1.82) is 0 Å². The number of nitrogens with one attached hydrogen (secondary N) is 2. The van der Waals surface area contributed by atoms with E-state index >= 15 is 0 Å². The molecule has 0 radical (unpaired) electrons. The van der Waals surface area contributed by atoms with Crippen LogP contribution in [-0.2, 0) is 16.0 Å². The van der Waals surface area contributed by atoms with E-state index in [2.05, 4.69) is 16.4 Å². The Labute approximate surface area is 145 Å². The number of para-hydroxylation sites is 1. The van der Waals surface area contributed by atoms with Gasteiger partial charge in [-0.05, 0) is 36.2 Å². The van der Waals surface area contributed by atoms with Gasteiger partial charge in [-0.1, -0.05) is 30.3 Å². The molecule has 2 aromatic carbocycles. The summed E-state index contributed by atoms with van der Waals surface area (Å²) in [4.78, 5) is 15.8. The van der Waals surface area contributed by atoms with E-state index in [0.29, 0.717) is 13.0 Å². The van der Waals surface area contributed by atoms with Crippen molar-refractivity contribution in [2.75, 3.05) is 6.61 Å². The summed E-state index contributed by atoms with van der Waals surface area (Å²) in [5.74, 6) is -0.0428. The summed E-state index contributed by atoms with van der Waals surface area (Å²) < 4.78 is 5.23. The quantitative estimate of drug-likeness (QED) is 0.643. The lowest BCUT2D eigenvalue weighted by atomic mass is 9.90. The maximum atomic E-state index is 12.4. The number of hydrogen-bond donors (Lipinski definition) is 3. The Hall–Kier alpha value is -2.79. The fraction of sp³-hybridized carbons (Fsp3) is 0.250. The Bertz CT molecular complexity index is 932. The molecule has 0 saturated carbocycles. The van der Waals surface area contributed by atoms with Gasteiger partial charge in [0, 0.05) is 23.0 Å². The van der Waals surface area contributed by atoms with Crippen LogP contribution in [0, 0.1) is 0 Å². The summed E-state index contributed by atoms with van der Waals surface area (Å²) >= 11 is 0. The van der Waals surface area contributed by atoms with Gasteiger partial charge in [0.1, 0.15) is 11.8 Å². The van der Waals surface area contributed by atoms with Gasteiger partial charge in [0.05, 0.1) is 12.6 Å². The predicted molar refractivity (Wildman–Crippen MR) is 95.5 cm³/mol. The molecule has 25 heavy (non-hydrogen) atoms. The number of aromatic nitrogens is 1. The van der Waals surface area contributed by atoms with Crippen LogP contribution in [0.4, 0.5) is 0 Å². The number of ether oxygens (including phenoxy) is 1. The highest BCUT2D eigenvalue weighted by Crippen LogP contribution is 2.36. The molecule has 1 aliphatic rings. The largest absolute Gasteiger partial charge is 0.508 e. The lowest BCUT2D eigenvalue weighted by Crippen LogP contribution is -2.45. The van der Waals surface area contributed by atoms with Crippen molar-refractivity contribution in [2.45, 2.75) is 25.4 Å². The van der Waals surface area contributed by atoms with Crippen molar-refractivity contribution in [3.8, 4) is 5.75 Å². The molecule has 0 aliphatic carbocycles. The number of aromatic amines is 1. The fourth-order valence-electron chi connectivity index (χ4n) is 3.60. The maximum Gasteiger partial charge on any atom is 0.323 e. The number of esters is 1. The molecule has 0 bridgehead atoms. The minimum absolute atomic E-state index is 0.204. The summed E-state index contributed by atoms with van der Waals surface area (Å²) in [5.41, 5.74) is 4.11. The van der Waals surface area contributed by atoms with Crippen LogP contribution in [0.3, 0.4) is 0 Å². The molecule has 0 spiro atoms. The first kappa shape index (κ1) is 15.7. The smallest absolute Gasteiger partial charge is 0.323 e. The van der Waals surface area contributed by atoms with E-state index in [4.69, 9.17) is 4.74 Å². The zero-order chi connectivity index (χ0) is 17.4. The van der Waals surface area contributed by atoms with Crippen molar-refractivity contribution in [3.05, 3.63) is 65.4 Å². The summed E-state index contributed by atoms with van der Waals surface area (Å²) in [5, 5.41) is 14.4. The van der Waals surface area contributed by atoms with Gasteiger partial charge in [-0.2, -0.15) is 0 Å². The van der Waals surface area contributed by atoms with Gasteiger partial charge < -0.3 is 14.8 Å². The molecule has 2 atom stereocenters. The molecule has 3 aromatic rings. The molecule has 5 heteroatoms. The first-order chi connectivity index (χ1) is 12.2. The predicted octanol–water partition coefficient (Wildman–Crippen LogP) is 3.04. The van der Waals surface area contributed by atoms with Crippen LogP contribution < -0.4 is 5.32 Å². The standard InChI is InChI=1S/C20H20N2O3/c1-2-25-20(24)17-11-15-14-8-3-4-9-16(14)21-19(15)18(22-17)12-6-5-7-13(23)10-12/h3-10,17-18,21-23H,2,11H2,1H3/t17-,18-/m0/s1. The topological polar surface area (TPSA) is 74.4 Å². The summed E-state index contributed by atoms with van der Waals surface area (Å²) in [6, 6.07) is 14.6. The number of rotatable bonds is 3. The van der Waals surface area contributed by atoms with Crippen molar-refractivity contribution in [3.63, 3.8) is 0 Å². The number of hydrogen-bond acceptors (Lipinski definition) is 4. The Kier molecular flexibility index (Phi) is 3.93. The average Bonchev–Trinajstić information content (AvgIpc) is 3.00. The summed E-state index contributed by atoms with van der Waals surface area (Å²) in [6.07, 6.45) is 0.577. The van der Waals surface area contributed by atoms with Crippen molar-refractivity contribution < 1.29 is 14.6 Å². The van der Waals surface area contributed by atoms with Gasteiger partial charge in [-0.3, -0.25) is 10.1 Å². The lowest BCUT2D eigenvalue weighted by Gasteiger charge is -2.30. The minimum atomic E-state index is -0.418. The molecular formula is C20H20N2O3. The molecule has 2 heterocycles. The van der Waals surface area contributed by atoms with Gasteiger partial charge in [0.15, 0.2) is 0 Å². The number of phenolic OH excluding ortho intramolecular Hbond substituents is 1. The Morgan fingerprint density at radius 3 is 2.88 bits per heavy atom. The molecule has 5 nitrogen and oxygen atoms in total. The molecule has 0 amide bonds. The zero-order valence-corrected chi connectivity index (χ0v) is 14.0. The van der Waals surface area contributed by atoms with Crippen molar-refractivity contribution >= 4 is 16.9 Å². The lowest BCUT2D eigenvalue weighted by molar-refractivity contribution is -0.146. The van der Waals surface area contributed by atoms with Gasteiger partial charge in [-0.15, -0.1) is 0 Å². The number of phenols is 1. The Morgan fingerprint density at radius 2 is 2.08 bits per heavy atom. The van der Waals surface area contributed by atoms with E-state index in [1.165, 1.54) is 0 Å². The van der Waals surface area contributed by atoms with Crippen LogP contribution in [0.1, 0.15) is 29.8 Å². The second-order valence-corrected chi connectivity index (χ2v) is 6.27. The van der Waals surface area contributed by atoms with E-state index < -0.39 is 6.04 Å². The van der Waals surface area contributed by atoms with Gasteiger partial charge in [0.25, 0.3) is 0 Å². The monoisotopic (exact) mass is 336 g/mol. The molecule has 0 saturated heterocycles. The molecule has 0 fully saturated rings. The van der Waals surface area contributed by atoms with E-state index in [-0.39, 0.29) is 17.8 Å². The molecule has 1 aliphatic heterocycles. The second-order valence-electron chi connectivity index (χ2n) is 6.27. The molecule has 1 aromatic heterocycles. The number of H-pyrrole nitrogens is 1. The highest BCUT2D eigenvalue weighted by atomic mass is 16.5. The summed E-state index contributed by atoms with van der Waals surface area (Å²) in [6.45, 7) is 2.17. The van der Waals surface area contributed by atoms with Crippen LogP contribution in [0.5, 0.6) is 5.75 Å². The van der Waals surface area contributed by atoms with Crippen LogP contribution in [0.2, 0.25) is 0 Å². The Balaban J connectivity index is 1.84. The number of carbonyl (C=O) groups excluding carboxylic acids is 1. The van der Waals surface area contributed by atoms with Crippen LogP contribution >= 0.6 is 0 Å². The second kappa shape index (κ2) is 6.26. The van der Waals surface area contributed by atoms with E-state index in [0.717, 1.165) is 27.7 Å². The zero-order valence-electron chi connectivity index (χ0n) is 14.0. The van der Waals surface area contributed by atoms with Crippen LogP contribution in [0.15, 0.2) is 48.5 Å². The van der Waals surface area contributed by atoms with E-state index in [1.54, 1.807) is 12.1 Å². The number of aromatic hydroxyl groups is 1. The highest BCUT2D eigenvalue weighted by Gasteiger charge is 2.34. The average molecular weight is 336 g/mol. The minimum Gasteiger partial charge on any atom is -0.508 e. The molecule has 0 unspecified atom stereocenters. The third-order valence-electron chi connectivity index (χ3n) is 4.69. The summed E-state index contributed by atoms with van der Waals surface area (Å²) in [7, 11) is 0. The third-order valence-corrected chi connectivity index (χ3v) is 4.69. The number of fused-ring (bicyclic) bond motifs is 3. The fourth-order valence-corrected chi connectivity index (χ4v) is 3.60. The first-order valence-corrected chi connectivity index (χ1v) is 8.48. The maximum absolute atomic E-state index is 12.4. The Morgan fingerprint density at radius 1 is 1.24 bits per heavy atom. The van der Waals surface area contributed by atoms with Crippen LogP contribution in [0.25, 0.3) is 10.9 Å². The van der Waals surface area contributed by atoms with Gasteiger partial charge in [-0.25, -0.2) is 0 Å². The van der Waals surface area contributed by atoms with Crippen LogP contribution in [-0.4, -0.2) is 28.7 Å². The number of carbonyl (C=O) groups is 1. The molecular weight excluding hydrogens is 316 g/mol. The SMILES string of the molecule is CCOC(=O)[C@@H]1Cc2c([nH]c3ccccc23)[C@H](c2cccc(O)c2)N1. The van der Waals surface area contributed by atoms with Crippen molar-refractivity contribution in [2.24, 2.45) is 0 Å². The number of benzene rings is 2. The van der Waals surface area contributed by atoms with Crippen molar-refractivity contribution in [1.82, 2.24) is 10.3 Å². The molecule has 4 rings (SSSR count). The highest BCUT2D eigenvalue weighted by molar-refractivity contribution is 5.87. The normalized spacial score (nSPS) is 19.6. The molecule has 3 N–H and O–H groups in total. The molecule has 128 valence electrons. The van der Waals surface area contributed by atoms with Gasteiger partial charge in [0.2, 0.25) is 0 Å². The third kappa shape index (κ3) is 2.76. The van der Waals surface area contributed by atoms with E-state index in [9.17, 15) is 9.90 Å². The van der Waals surface area contributed by atoms with E-state index in [1.807, 2.05) is 37.3 Å². The van der Waals surface area contributed by atoms with Gasteiger partial charge >= 0.3 is 5.97 Å².